The number of methoxy groups -OCH3 is 1. The number of H-pyrrole nitrogens is 2. The van der Waals surface area contributed by atoms with Gasteiger partial charge in [0.05, 0.1) is 36.5 Å². The van der Waals surface area contributed by atoms with Gasteiger partial charge in [-0.3, -0.25) is 15.0 Å². The van der Waals surface area contributed by atoms with Gasteiger partial charge in [0, 0.05) is 29.5 Å². The summed E-state index contributed by atoms with van der Waals surface area (Å²) in [7, 11) is 1.28. The quantitative estimate of drug-likeness (QED) is 0.0184. The Morgan fingerprint density at radius 1 is 0.867 bits per heavy atom. The molecule has 6 atom stereocenters. The van der Waals surface area contributed by atoms with E-state index in [0.29, 0.717) is 71.4 Å². The molecular formula is C42H52Cl2N8O6S2. The second-order valence-corrected chi connectivity index (χ2v) is 18.0. The van der Waals surface area contributed by atoms with Gasteiger partial charge < -0.3 is 34.7 Å². The number of alkyl carbamates (subject to hydrolysis) is 1. The summed E-state index contributed by atoms with van der Waals surface area (Å²) in [6, 6.07) is 14.6. The van der Waals surface area contributed by atoms with Crippen LogP contribution in [0.25, 0.3) is 33.6 Å². The normalized spacial score (nSPS) is 20.1. The van der Waals surface area contributed by atoms with Crippen LogP contribution in [0.3, 0.4) is 0 Å². The number of likely N-dealkylation sites (tertiary alicyclic amines) is 2. The van der Waals surface area contributed by atoms with Crippen LogP contribution in [0.15, 0.2) is 48.5 Å². The Bertz CT molecular complexity index is 2130. The molecule has 0 spiro atoms. The van der Waals surface area contributed by atoms with Crippen molar-refractivity contribution in [3.05, 3.63) is 70.5 Å². The van der Waals surface area contributed by atoms with Crippen molar-refractivity contribution in [1.82, 2.24) is 35.1 Å². The molecule has 60 heavy (non-hydrogen) atoms. The molecule has 2 saturated heterocycles. The minimum absolute atomic E-state index is 0.0216. The summed E-state index contributed by atoms with van der Waals surface area (Å²) in [6.07, 6.45) is 3.44. The Kier molecular flexibility index (Phi) is 15.2. The number of nitrogens with zero attached hydrogens (tertiary/aromatic N) is 4. The number of ether oxygens (including phenoxy) is 1. The first-order valence-corrected chi connectivity index (χ1v) is 22.5. The zero-order chi connectivity index (χ0) is 43.2. The van der Waals surface area contributed by atoms with Crippen LogP contribution in [-0.4, -0.2) is 104 Å². The van der Waals surface area contributed by atoms with Gasteiger partial charge in [0.1, 0.15) is 24.3 Å². The lowest BCUT2D eigenvalue weighted by Crippen LogP contribution is -2.51. The molecule has 4 N–H and O–H groups in total. The molecule has 2 aliphatic heterocycles. The molecule has 2 aliphatic rings. The predicted octanol–water partition coefficient (Wildman–Crippen LogP) is 8.47. The number of hydrogen-bond donors (Lipinski definition) is 5. The molecule has 322 valence electrons. The van der Waals surface area contributed by atoms with Gasteiger partial charge in [0.15, 0.2) is 10.3 Å². The maximum Gasteiger partial charge on any atom is 0.407 e. The van der Waals surface area contributed by atoms with Crippen LogP contribution in [0.5, 0.6) is 0 Å². The number of thioether (sulfide) groups is 1. The number of thiol groups is 1. The van der Waals surface area contributed by atoms with Crippen molar-refractivity contribution in [2.45, 2.75) is 63.9 Å². The molecule has 14 nitrogen and oxygen atoms in total. The minimum atomic E-state index is -0.753. The standard InChI is InChI=1S/C42H52Cl2N8O6S2/c1-22(2)30(19-57-58-21-45)40(53)51-17-24(20-59)15-31(51)38-46-34(36(43)49-38)27-11-7-25(8-12-27)26-9-13-28(14-10-26)35-37(44)50-39(47-35)32-16-29(60-6)18-52(32)41(54)33(23(3)4)48-42(55)56-5/h7-14,21-24,29-33,45,59H,15-20H2,1-6H3,(H,46,49)(H,47,50)(H,48,55)/t24-,29-,30-,31-,32-,33-/m0/s1. The maximum absolute atomic E-state index is 13.9. The summed E-state index contributed by atoms with van der Waals surface area (Å²) in [4.78, 5) is 69.4. The van der Waals surface area contributed by atoms with E-state index in [0.717, 1.165) is 22.3 Å². The van der Waals surface area contributed by atoms with E-state index in [2.05, 4.69) is 32.8 Å². The van der Waals surface area contributed by atoms with E-state index in [1.807, 2.05) is 87.4 Å². The van der Waals surface area contributed by atoms with Crippen molar-refractivity contribution in [2.24, 2.45) is 23.7 Å². The van der Waals surface area contributed by atoms with Crippen LogP contribution in [0.4, 0.5) is 4.79 Å². The number of amides is 3. The monoisotopic (exact) mass is 898 g/mol. The van der Waals surface area contributed by atoms with E-state index in [1.54, 1.807) is 16.7 Å². The molecule has 2 fully saturated rings. The number of carbonyl (C=O) groups is 3. The third-order valence-corrected chi connectivity index (χ3v) is 13.4. The first-order valence-electron chi connectivity index (χ1n) is 19.9. The highest BCUT2D eigenvalue weighted by Crippen LogP contribution is 2.41. The van der Waals surface area contributed by atoms with Gasteiger partial charge in [-0.25, -0.2) is 14.8 Å². The first-order chi connectivity index (χ1) is 28.8. The molecule has 0 aliphatic carbocycles. The number of aromatic nitrogens is 4. The smallest absolute Gasteiger partial charge is 0.407 e. The molecule has 2 aromatic carbocycles. The first kappa shape index (κ1) is 45.3. The molecule has 4 aromatic rings. The van der Waals surface area contributed by atoms with Gasteiger partial charge in [-0.2, -0.15) is 29.3 Å². The molecule has 2 aromatic heterocycles. The third-order valence-electron chi connectivity index (χ3n) is 11.4. The maximum atomic E-state index is 13.9. The molecule has 0 saturated carbocycles. The Morgan fingerprint density at radius 3 is 1.85 bits per heavy atom. The highest BCUT2D eigenvalue weighted by molar-refractivity contribution is 7.99. The van der Waals surface area contributed by atoms with Crippen LogP contribution < -0.4 is 5.32 Å². The lowest BCUT2D eigenvalue weighted by Gasteiger charge is -2.30. The van der Waals surface area contributed by atoms with Crippen LogP contribution in [-0.2, 0) is 24.1 Å². The van der Waals surface area contributed by atoms with Gasteiger partial charge in [-0.1, -0.05) is 99.4 Å². The lowest BCUT2D eigenvalue weighted by molar-refractivity contribution is -0.229. The van der Waals surface area contributed by atoms with E-state index in [1.165, 1.54) is 7.11 Å². The molecule has 0 radical (unpaired) electrons. The van der Waals surface area contributed by atoms with E-state index in [-0.39, 0.29) is 53.5 Å². The fourth-order valence-corrected chi connectivity index (χ4v) is 9.35. The number of rotatable bonds is 16. The number of nitrogens with one attached hydrogen (secondary N) is 4. The Labute approximate surface area is 370 Å². The van der Waals surface area contributed by atoms with E-state index >= 15 is 0 Å². The summed E-state index contributed by atoms with van der Waals surface area (Å²) >= 11 is 19.7. The summed E-state index contributed by atoms with van der Waals surface area (Å²) in [5.41, 5.74) is 4.97. The average molecular weight is 900 g/mol. The Morgan fingerprint density at radius 2 is 1.38 bits per heavy atom. The van der Waals surface area contributed by atoms with Crippen LogP contribution in [0.1, 0.15) is 64.3 Å². The SMILES string of the molecule is COC(=O)N[C@H](C(=O)N1C[C@@H](SC)C[C@H]1c1nc(Cl)c(-c2ccc(-c3ccc(-c4[nH]c([C@@H]5C[C@H](CS)CN5C(=O)[C@@H](COOC=N)C(C)C)nc4Cl)cc3)cc2)[nH]1)C(C)C. The number of hydrogen-bond acceptors (Lipinski definition) is 11. The van der Waals surface area contributed by atoms with Gasteiger partial charge in [0.2, 0.25) is 18.2 Å². The predicted molar refractivity (Wildman–Crippen MR) is 238 cm³/mol. The molecule has 0 unspecified atom stereocenters. The highest BCUT2D eigenvalue weighted by Gasteiger charge is 2.43. The fraction of sp³-hybridized carbons (Fsp3) is 0.476. The Balaban J connectivity index is 1.17. The topological polar surface area (TPSA) is 179 Å². The average Bonchev–Trinajstić information content (AvgIpc) is 4.05. The minimum Gasteiger partial charge on any atom is -0.453 e. The number of aromatic amines is 2. The Hall–Kier alpha value is -4.22. The van der Waals surface area contributed by atoms with Crippen molar-refractivity contribution in [3.8, 4) is 33.6 Å². The van der Waals surface area contributed by atoms with Gasteiger partial charge >= 0.3 is 6.09 Å². The number of carbonyl (C=O) groups excluding carboxylic acids is 3. The second-order valence-electron chi connectivity index (χ2n) is 15.8. The molecule has 3 amide bonds. The second kappa shape index (κ2) is 20.1. The number of halogens is 2. The van der Waals surface area contributed by atoms with Crippen molar-refractivity contribution in [3.63, 3.8) is 0 Å². The van der Waals surface area contributed by atoms with E-state index in [9.17, 15) is 14.4 Å². The molecule has 4 heterocycles. The van der Waals surface area contributed by atoms with Gasteiger partial charge in [-0.05, 0) is 53.7 Å². The summed E-state index contributed by atoms with van der Waals surface area (Å²) in [6.45, 7) is 8.76. The zero-order valence-corrected chi connectivity index (χ0v) is 37.6. The summed E-state index contributed by atoms with van der Waals surface area (Å²) in [5.74, 6) is 1.09. The van der Waals surface area contributed by atoms with Crippen molar-refractivity contribution >= 4 is 71.9 Å². The molecular weight excluding hydrogens is 848 g/mol. The van der Waals surface area contributed by atoms with Crippen LogP contribution >= 0.6 is 47.6 Å². The molecule has 6 rings (SSSR count). The zero-order valence-electron chi connectivity index (χ0n) is 34.4. The molecule has 18 heteroatoms. The van der Waals surface area contributed by atoms with E-state index in [4.69, 9.17) is 48.2 Å². The lowest BCUT2D eigenvalue weighted by atomic mass is 9.95. The molecule has 0 bridgehead atoms. The number of imidazole rings is 2. The fourth-order valence-electron chi connectivity index (χ4n) is 7.91. The summed E-state index contributed by atoms with van der Waals surface area (Å²) in [5, 5.41) is 10.6. The van der Waals surface area contributed by atoms with Crippen molar-refractivity contribution in [2.75, 3.05) is 38.8 Å². The van der Waals surface area contributed by atoms with Gasteiger partial charge in [0.25, 0.3) is 0 Å². The number of benzene rings is 2. The van der Waals surface area contributed by atoms with Crippen LogP contribution in [0.2, 0.25) is 10.3 Å². The highest BCUT2D eigenvalue weighted by atomic mass is 35.5. The van der Waals surface area contributed by atoms with Crippen molar-refractivity contribution < 1.29 is 28.9 Å². The largest absolute Gasteiger partial charge is 0.453 e. The van der Waals surface area contributed by atoms with E-state index < -0.39 is 18.1 Å². The van der Waals surface area contributed by atoms with Crippen molar-refractivity contribution in [1.29, 1.82) is 5.41 Å². The summed E-state index contributed by atoms with van der Waals surface area (Å²) < 4.78 is 4.79. The van der Waals surface area contributed by atoms with Crippen LogP contribution in [0, 0.1) is 29.1 Å². The van der Waals surface area contributed by atoms with Gasteiger partial charge in [-0.15, -0.1) is 0 Å². The third kappa shape index (κ3) is 9.94.